The summed E-state index contributed by atoms with van der Waals surface area (Å²) in [6, 6.07) is 0. The summed E-state index contributed by atoms with van der Waals surface area (Å²) in [6.07, 6.45) is 5.34. The number of aliphatic hydroxyl groups excluding tert-OH is 1. The highest BCUT2D eigenvalue weighted by Crippen LogP contribution is 2.43. The van der Waals surface area contributed by atoms with Gasteiger partial charge in [-0.3, -0.25) is 4.79 Å². The van der Waals surface area contributed by atoms with Crippen molar-refractivity contribution in [2.45, 2.75) is 71.0 Å². The van der Waals surface area contributed by atoms with E-state index in [4.69, 9.17) is 4.74 Å². The van der Waals surface area contributed by atoms with Crippen molar-refractivity contribution in [3.05, 3.63) is 0 Å². The maximum atomic E-state index is 12.4. The van der Waals surface area contributed by atoms with E-state index < -0.39 is 6.10 Å². The standard InChI is InChI=1S/C15H26O3/c1-14(2,3)13(17)12(16)11-6-9-18-15(10-11)7-4-5-8-15/h11,13,17H,4-10H2,1-3H3. The van der Waals surface area contributed by atoms with Gasteiger partial charge in [0.05, 0.1) is 5.60 Å². The lowest BCUT2D eigenvalue weighted by Gasteiger charge is -2.39. The third-order valence-corrected chi connectivity index (χ3v) is 4.50. The number of rotatable bonds is 2. The number of carbonyl (C=O) groups excluding carboxylic acids is 1. The molecule has 18 heavy (non-hydrogen) atoms. The zero-order chi connectivity index (χ0) is 13.4. The second-order valence-electron chi connectivity index (χ2n) is 7.10. The van der Waals surface area contributed by atoms with Crippen LogP contribution >= 0.6 is 0 Å². The minimum Gasteiger partial charge on any atom is -0.385 e. The van der Waals surface area contributed by atoms with Gasteiger partial charge in [-0.2, -0.15) is 0 Å². The van der Waals surface area contributed by atoms with Crippen molar-refractivity contribution >= 4 is 5.78 Å². The summed E-state index contributed by atoms with van der Waals surface area (Å²) in [4.78, 5) is 12.4. The number of hydrogen-bond acceptors (Lipinski definition) is 3. The summed E-state index contributed by atoms with van der Waals surface area (Å²) in [5.74, 6) is 0.0168. The third kappa shape index (κ3) is 2.77. The molecule has 0 aromatic heterocycles. The summed E-state index contributed by atoms with van der Waals surface area (Å²) in [5.41, 5.74) is -0.408. The molecular formula is C15H26O3. The lowest BCUT2D eigenvalue weighted by Crippen LogP contribution is -2.45. The van der Waals surface area contributed by atoms with Gasteiger partial charge in [0.25, 0.3) is 0 Å². The molecule has 2 rings (SSSR count). The van der Waals surface area contributed by atoms with Crippen LogP contribution in [0.3, 0.4) is 0 Å². The molecule has 3 heteroatoms. The second kappa shape index (κ2) is 4.93. The molecule has 0 radical (unpaired) electrons. The zero-order valence-electron chi connectivity index (χ0n) is 11.9. The van der Waals surface area contributed by atoms with E-state index in [0.717, 1.165) is 25.7 Å². The van der Waals surface area contributed by atoms with Crippen LogP contribution in [0.15, 0.2) is 0 Å². The van der Waals surface area contributed by atoms with Crippen LogP contribution in [0.1, 0.15) is 59.3 Å². The largest absolute Gasteiger partial charge is 0.385 e. The van der Waals surface area contributed by atoms with E-state index in [0.29, 0.717) is 6.61 Å². The van der Waals surface area contributed by atoms with Crippen LogP contribution in [0.2, 0.25) is 0 Å². The number of carbonyl (C=O) groups is 1. The molecule has 1 saturated carbocycles. The van der Waals surface area contributed by atoms with E-state index in [9.17, 15) is 9.90 Å². The van der Waals surface area contributed by atoms with Gasteiger partial charge in [0.1, 0.15) is 6.10 Å². The Morgan fingerprint density at radius 1 is 1.33 bits per heavy atom. The smallest absolute Gasteiger partial charge is 0.165 e. The molecule has 1 spiro atoms. The van der Waals surface area contributed by atoms with Gasteiger partial charge in [0.15, 0.2) is 5.78 Å². The van der Waals surface area contributed by atoms with Crippen LogP contribution in [0.25, 0.3) is 0 Å². The maximum Gasteiger partial charge on any atom is 0.165 e. The predicted octanol–water partition coefficient (Wildman–Crippen LogP) is 2.70. The Bertz CT molecular complexity index is 310. The summed E-state index contributed by atoms with van der Waals surface area (Å²) >= 11 is 0. The number of ketones is 1. The van der Waals surface area contributed by atoms with Crippen LogP contribution in [0, 0.1) is 11.3 Å². The molecule has 0 aromatic carbocycles. The minimum absolute atomic E-state index is 0.00826. The first-order chi connectivity index (χ1) is 8.34. The summed E-state index contributed by atoms with van der Waals surface area (Å²) in [6.45, 7) is 6.42. The normalized spacial score (nSPS) is 29.4. The molecular weight excluding hydrogens is 228 g/mol. The molecule has 1 saturated heterocycles. The first-order valence-corrected chi connectivity index (χ1v) is 7.20. The highest BCUT2D eigenvalue weighted by atomic mass is 16.5. The van der Waals surface area contributed by atoms with Crippen molar-refractivity contribution in [3.8, 4) is 0 Å². The predicted molar refractivity (Wildman–Crippen MR) is 70.3 cm³/mol. The molecule has 1 aliphatic heterocycles. The number of hydrogen-bond donors (Lipinski definition) is 1. The van der Waals surface area contributed by atoms with Gasteiger partial charge >= 0.3 is 0 Å². The van der Waals surface area contributed by atoms with E-state index in [1.165, 1.54) is 12.8 Å². The zero-order valence-corrected chi connectivity index (χ0v) is 11.9. The van der Waals surface area contributed by atoms with Crippen molar-refractivity contribution in [2.75, 3.05) is 6.61 Å². The van der Waals surface area contributed by atoms with Gasteiger partial charge in [-0.15, -0.1) is 0 Å². The quantitative estimate of drug-likeness (QED) is 0.824. The molecule has 0 amide bonds. The van der Waals surface area contributed by atoms with Gasteiger partial charge < -0.3 is 9.84 Å². The van der Waals surface area contributed by atoms with Crippen molar-refractivity contribution in [1.82, 2.24) is 0 Å². The first kappa shape index (κ1) is 14.0. The topological polar surface area (TPSA) is 46.5 Å². The minimum atomic E-state index is -0.848. The Morgan fingerprint density at radius 3 is 2.50 bits per heavy atom. The van der Waals surface area contributed by atoms with Gasteiger partial charge in [0.2, 0.25) is 0 Å². The van der Waals surface area contributed by atoms with Gasteiger partial charge in [-0.05, 0) is 31.1 Å². The molecule has 0 aromatic rings. The highest BCUT2D eigenvalue weighted by molar-refractivity contribution is 5.86. The molecule has 2 fully saturated rings. The van der Waals surface area contributed by atoms with Gasteiger partial charge in [-0.25, -0.2) is 0 Å². The SMILES string of the molecule is CC(C)(C)C(O)C(=O)C1CCOC2(CCCC2)C1. The molecule has 3 nitrogen and oxygen atoms in total. The Labute approximate surface area is 110 Å². The van der Waals surface area contributed by atoms with Crippen LogP contribution in [-0.4, -0.2) is 29.2 Å². The van der Waals surface area contributed by atoms with Gasteiger partial charge in [0, 0.05) is 12.5 Å². The molecule has 2 atom stereocenters. The van der Waals surface area contributed by atoms with E-state index in [-0.39, 0.29) is 22.7 Å². The number of ether oxygens (including phenoxy) is 1. The first-order valence-electron chi connectivity index (χ1n) is 7.20. The highest BCUT2D eigenvalue weighted by Gasteiger charge is 2.44. The lowest BCUT2D eigenvalue weighted by molar-refractivity contribution is -0.148. The summed E-state index contributed by atoms with van der Waals surface area (Å²) in [5, 5.41) is 10.1. The lowest BCUT2D eigenvalue weighted by atomic mass is 9.76. The van der Waals surface area contributed by atoms with E-state index >= 15 is 0 Å². The van der Waals surface area contributed by atoms with Crippen LogP contribution in [0.5, 0.6) is 0 Å². The fourth-order valence-electron chi connectivity index (χ4n) is 3.29. The Balaban J connectivity index is 2.03. The summed E-state index contributed by atoms with van der Waals surface area (Å²) in [7, 11) is 0. The van der Waals surface area contributed by atoms with Crippen molar-refractivity contribution in [1.29, 1.82) is 0 Å². The molecule has 1 heterocycles. The average molecular weight is 254 g/mol. The van der Waals surface area contributed by atoms with Crippen LogP contribution in [-0.2, 0) is 9.53 Å². The fourth-order valence-corrected chi connectivity index (χ4v) is 3.29. The molecule has 104 valence electrons. The molecule has 2 unspecified atom stereocenters. The van der Waals surface area contributed by atoms with Gasteiger partial charge in [-0.1, -0.05) is 33.6 Å². The molecule has 2 aliphatic rings. The molecule has 0 bridgehead atoms. The number of Topliss-reactive ketones (excluding diaryl/α,β-unsaturated/α-hetero) is 1. The molecule has 1 aliphatic carbocycles. The Kier molecular flexibility index (Phi) is 3.84. The Hall–Kier alpha value is -0.410. The van der Waals surface area contributed by atoms with Crippen molar-refractivity contribution in [3.63, 3.8) is 0 Å². The maximum absolute atomic E-state index is 12.4. The van der Waals surface area contributed by atoms with E-state index in [2.05, 4.69) is 0 Å². The van der Waals surface area contributed by atoms with E-state index in [1.54, 1.807) is 0 Å². The average Bonchev–Trinajstić information content (AvgIpc) is 2.74. The number of aliphatic hydroxyl groups is 1. The van der Waals surface area contributed by atoms with Crippen LogP contribution in [0.4, 0.5) is 0 Å². The second-order valence-corrected chi connectivity index (χ2v) is 7.10. The Morgan fingerprint density at radius 2 is 1.94 bits per heavy atom. The van der Waals surface area contributed by atoms with E-state index in [1.807, 2.05) is 20.8 Å². The fraction of sp³-hybridized carbons (Fsp3) is 0.933. The van der Waals surface area contributed by atoms with Crippen molar-refractivity contribution < 1.29 is 14.6 Å². The summed E-state index contributed by atoms with van der Waals surface area (Å²) < 4.78 is 5.94. The monoisotopic (exact) mass is 254 g/mol. The van der Waals surface area contributed by atoms with Crippen molar-refractivity contribution in [2.24, 2.45) is 11.3 Å². The third-order valence-electron chi connectivity index (χ3n) is 4.50. The van der Waals surface area contributed by atoms with Crippen LogP contribution < -0.4 is 0 Å². The molecule has 1 N–H and O–H groups in total.